The molecule has 2 aromatic carbocycles. The molecule has 2 aromatic rings. The van der Waals surface area contributed by atoms with Gasteiger partial charge in [-0.25, -0.2) is 4.39 Å². The summed E-state index contributed by atoms with van der Waals surface area (Å²) in [4.78, 5) is 30.1. The number of ether oxygens (including phenoxy) is 2. The van der Waals surface area contributed by atoms with Crippen LogP contribution in [0, 0.1) is 5.82 Å². The number of amidine groups is 1. The highest BCUT2D eigenvalue weighted by Crippen LogP contribution is 2.41. The summed E-state index contributed by atoms with van der Waals surface area (Å²) >= 11 is 4.53. The van der Waals surface area contributed by atoms with Crippen molar-refractivity contribution in [2.75, 3.05) is 11.7 Å². The topological polar surface area (TPSA) is 68.2 Å². The summed E-state index contributed by atoms with van der Waals surface area (Å²) < 4.78 is 24.7. The van der Waals surface area contributed by atoms with E-state index in [1.54, 1.807) is 18.2 Å². The number of rotatable bonds is 2. The highest BCUT2D eigenvalue weighted by atomic mass is 79.9. The third-order valence-electron chi connectivity index (χ3n) is 3.92. The van der Waals surface area contributed by atoms with Gasteiger partial charge in [0.05, 0.1) is 10.6 Å². The summed E-state index contributed by atoms with van der Waals surface area (Å²) in [5, 5.41) is 0.215. The van der Waals surface area contributed by atoms with Crippen LogP contribution in [0.25, 0.3) is 6.08 Å². The highest BCUT2D eigenvalue weighted by Gasteiger charge is 2.35. The molecule has 0 saturated carbocycles. The molecule has 0 unspecified atom stereocenters. The molecule has 6 nitrogen and oxygen atoms in total. The molecule has 0 radical (unpaired) electrons. The van der Waals surface area contributed by atoms with Crippen LogP contribution < -0.4 is 14.4 Å². The first-order valence-electron chi connectivity index (χ1n) is 8.10. The van der Waals surface area contributed by atoms with E-state index in [1.165, 1.54) is 36.1 Å². The lowest BCUT2D eigenvalue weighted by Gasteiger charge is -2.15. The number of anilines is 1. The van der Waals surface area contributed by atoms with E-state index in [2.05, 4.69) is 20.9 Å². The Morgan fingerprint density at radius 2 is 1.93 bits per heavy atom. The normalized spacial score (nSPS) is 18.4. The molecule has 0 N–H and O–H groups in total. The van der Waals surface area contributed by atoms with E-state index in [0.717, 1.165) is 16.2 Å². The molecule has 0 atom stereocenters. The maximum atomic E-state index is 13.3. The summed E-state index contributed by atoms with van der Waals surface area (Å²) in [6, 6.07) is 8.94. The van der Waals surface area contributed by atoms with Crippen molar-refractivity contribution in [1.29, 1.82) is 0 Å². The Morgan fingerprint density at radius 3 is 2.61 bits per heavy atom. The Morgan fingerprint density at radius 1 is 1.25 bits per heavy atom. The van der Waals surface area contributed by atoms with Crippen molar-refractivity contribution >= 4 is 56.4 Å². The number of nitrogens with zero attached hydrogens (tertiary/aromatic N) is 2. The maximum Gasteiger partial charge on any atom is 0.271 e. The van der Waals surface area contributed by atoms with Crippen molar-refractivity contribution in [2.45, 2.75) is 6.92 Å². The standard InChI is InChI=1S/C19H12BrFN2O4S/c1-10(24)22-19-23(13-4-2-12(21)3-5-13)18(25)17(28-19)7-11-6-15-16(8-14(11)20)27-9-26-15/h2-8H,9H2,1H3/b17-7+,22-19?. The maximum absolute atomic E-state index is 13.3. The zero-order valence-electron chi connectivity index (χ0n) is 14.4. The number of halogens is 2. The van der Waals surface area contributed by atoms with Gasteiger partial charge < -0.3 is 9.47 Å². The van der Waals surface area contributed by atoms with Crippen molar-refractivity contribution in [3.8, 4) is 11.5 Å². The Hall–Kier alpha value is -2.65. The number of fused-ring (bicyclic) bond motifs is 1. The molecule has 0 aromatic heterocycles. The molecule has 2 amide bonds. The zero-order chi connectivity index (χ0) is 19.8. The Balaban J connectivity index is 1.75. The second kappa shape index (κ2) is 7.40. The minimum absolute atomic E-state index is 0.142. The predicted molar refractivity (Wildman–Crippen MR) is 108 cm³/mol. The van der Waals surface area contributed by atoms with Crippen molar-refractivity contribution in [2.24, 2.45) is 4.99 Å². The first kappa shape index (κ1) is 18.7. The van der Waals surface area contributed by atoms with Gasteiger partial charge in [0, 0.05) is 11.4 Å². The monoisotopic (exact) mass is 462 g/mol. The van der Waals surface area contributed by atoms with Crippen LogP contribution in [-0.2, 0) is 9.59 Å². The molecule has 142 valence electrons. The van der Waals surface area contributed by atoms with Crippen LogP contribution in [-0.4, -0.2) is 23.8 Å². The van der Waals surface area contributed by atoms with Crippen molar-refractivity contribution < 1.29 is 23.5 Å². The van der Waals surface area contributed by atoms with Gasteiger partial charge in [0.1, 0.15) is 5.82 Å². The molecule has 1 fully saturated rings. The average Bonchev–Trinajstić information content (AvgIpc) is 3.20. The summed E-state index contributed by atoms with van der Waals surface area (Å²) in [6.45, 7) is 1.44. The number of hydrogen-bond acceptors (Lipinski definition) is 5. The summed E-state index contributed by atoms with van der Waals surface area (Å²) in [5.74, 6) is -0.0213. The number of carbonyl (C=O) groups is 2. The lowest BCUT2D eigenvalue weighted by atomic mass is 10.2. The number of hydrogen-bond donors (Lipinski definition) is 0. The zero-order valence-corrected chi connectivity index (χ0v) is 16.8. The van der Waals surface area contributed by atoms with Crippen LogP contribution in [0.3, 0.4) is 0 Å². The summed E-state index contributed by atoms with van der Waals surface area (Å²) in [5.41, 5.74) is 1.13. The third kappa shape index (κ3) is 3.55. The molecular weight excluding hydrogens is 451 g/mol. The molecule has 0 spiro atoms. The Labute approximate surface area is 172 Å². The second-order valence-electron chi connectivity index (χ2n) is 5.87. The quantitative estimate of drug-likeness (QED) is 0.620. The average molecular weight is 463 g/mol. The molecule has 0 aliphatic carbocycles. The van der Waals surface area contributed by atoms with Gasteiger partial charge in [0.25, 0.3) is 5.91 Å². The fourth-order valence-electron chi connectivity index (χ4n) is 2.69. The molecular formula is C19H12BrFN2O4S. The van der Waals surface area contributed by atoms with Crippen LogP contribution in [0.4, 0.5) is 10.1 Å². The van der Waals surface area contributed by atoms with Crippen molar-refractivity contribution in [3.05, 3.63) is 57.2 Å². The number of amides is 2. The van der Waals surface area contributed by atoms with E-state index in [9.17, 15) is 14.0 Å². The van der Waals surface area contributed by atoms with Crippen molar-refractivity contribution in [3.63, 3.8) is 0 Å². The van der Waals surface area contributed by atoms with E-state index < -0.39 is 11.7 Å². The summed E-state index contributed by atoms with van der Waals surface area (Å²) in [7, 11) is 0. The molecule has 2 aliphatic heterocycles. The Kier molecular flexibility index (Phi) is 4.94. The van der Waals surface area contributed by atoms with E-state index in [4.69, 9.17) is 9.47 Å². The Bertz CT molecular complexity index is 1050. The number of aliphatic imine (C=N–C) groups is 1. The number of carbonyl (C=O) groups excluding carboxylic acids is 2. The van der Waals surface area contributed by atoms with Gasteiger partial charge in [-0.15, -0.1) is 0 Å². The van der Waals surface area contributed by atoms with E-state index in [0.29, 0.717) is 27.7 Å². The molecule has 4 rings (SSSR count). The fourth-order valence-corrected chi connectivity index (χ4v) is 4.14. The summed E-state index contributed by atoms with van der Waals surface area (Å²) in [6.07, 6.45) is 1.68. The van der Waals surface area contributed by atoms with Gasteiger partial charge in [0.15, 0.2) is 16.7 Å². The second-order valence-corrected chi connectivity index (χ2v) is 7.73. The van der Waals surface area contributed by atoms with Gasteiger partial charge in [-0.2, -0.15) is 4.99 Å². The molecule has 28 heavy (non-hydrogen) atoms. The highest BCUT2D eigenvalue weighted by molar-refractivity contribution is 9.10. The SMILES string of the molecule is CC(=O)N=C1S/C(=C/c2cc3c(cc2Br)OCO3)C(=O)N1c1ccc(F)cc1. The van der Waals surface area contributed by atoms with Crippen LogP contribution in [0.1, 0.15) is 12.5 Å². The minimum Gasteiger partial charge on any atom is -0.454 e. The van der Waals surface area contributed by atoms with E-state index in [1.807, 2.05) is 0 Å². The van der Waals surface area contributed by atoms with Crippen LogP contribution in [0.2, 0.25) is 0 Å². The number of thioether (sulfide) groups is 1. The van der Waals surface area contributed by atoms with E-state index in [-0.39, 0.29) is 17.9 Å². The molecule has 2 heterocycles. The minimum atomic E-state index is -0.437. The first-order valence-corrected chi connectivity index (χ1v) is 9.71. The smallest absolute Gasteiger partial charge is 0.271 e. The largest absolute Gasteiger partial charge is 0.454 e. The van der Waals surface area contributed by atoms with Crippen LogP contribution in [0.5, 0.6) is 11.5 Å². The van der Waals surface area contributed by atoms with Gasteiger partial charge >= 0.3 is 0 Å². The van der Waals surface area contributed by atoms with Gasteiger partial charge in [-0.3, -0.25) is 14.5 Å². The van der Waals surface area contributed by atoms with Gasteiger partial charge in [0.2, 0.25) is 12.7 Å². The van der Waals surface area contributed by atoms with Crippen LogP contribution >= 0.6 is 27.7 Å². The molecule has 0 bridgehead atoms. The van der Waals surface area contributed by atoms with Gasteiger partial charge in [-0.05, 0) is 59.8 Å². The van der Waals surface area contributed by atoms with Crippen molar-refractivity contribution in [1.82, 2.24) is 0 Å². The fraction of sp³-hybridized carbons (Fsp3) is 0.105. The first-order chi connectivity index (χ1) is 13.4. The lowest BCUT2D eigenvalue weighted by molar-refractivity contribution is -0.115. The molecule has 9 heteroatoms. The predicted octanol–water partition coefficient (Wildman–Crippen LogP) is 4.34. The van der Waals surface area contributed by atoms with Gasteiger partial charge in [-0.1, -0.05) is 15.9 Å². The molecule has 1 saturated heterocycles. The van der Waals surface area contributed by atoms with E-state index >= 15 is 0 Å². The number of benzene rings is 2. The third-order valence-corrected chi connectivity index (χ3v) is 5.58. The van der Waals surface area contributed by atoms with Crippen LogP contribution in [0.15, 0.2) is 50.8 Å². The lowest BCUT2D eigenvalue weighted by Crippen LogP contribution is -2.29. The molecule has 2 aliphatic rings.